The first-order valence-corrected chi connectivity index (χ1v) is 3.91. The molecule has 0 aliphatic heterocycles. The van der Waals surface area contributed by atoms with Crippen LogP contribution in [0.5, 0.6) is 0 Å². The molecule has 0 bridgehead atoms. The lowest BCUT2D eigenvalue weighted by molar-refractivity contribution is 0.0995. The number of aryl methyl sites for hydroxylation is 1. The van der Waals surface area contributed by atoms with Gasteiger partial charge in [0.25, 0.3) is 11.9 Å². The van der Waals surface area contributed by atoms with Crippen molar-refractivity contribution < 1.29 is 13.7 Å². The van der Waals surface area contributed by atoms with Gasteiger partial charge in [0, 0.05) is 6.92 Å². The summed E-state index contributed by atoms with van der Waals surface area (Å²) < 4.78 is 9.55. The summed E-state index contributed by atoms with van der Waals surface area (Å²) in [6.07, 6.45) is 1.41. The van der Waals surface area contributed by atoms with E-state index >= 15 is 0 Å². The highest BCUT2D eigenvalue weighted by molar-refractivity contribution is 6.01. The van der Waals surface area contributed by atoms with Crippen LogP contribution in [0.25, 0.3) is 0 Å². The monoisotopic (exact) mass is 193 g/mol. The lowest BCUT2D eigenvalue weighted by Gasteiger charge is -1.94. The molecule has 2 aromatic rings. The third kappa shape index (κ3) is 1.63. The molecule has 0 fully saturated rings. The van der Waals surface area contributed by atoms with Crippen LogP contribution in [0, 0.1) is 6.92 Å². The van der Waals surface area contributed by atoms with E-state index in [9.17, 15) is 4.79 Å². The van der Waals surface area contributed by atoms with Crippen LogP contribution in [0.4, 0.5) is 5.95 Å². The van der Waals surface area contributed by atoms with Crippen LogP contribution in [-0.2, 0) is 0 Å². The Morgan fingerprint density at radius 1 is 1.57 bits per heavy atom. The highest BCUT2D eigenvalue weighted by Crippen LogP contribution is 2.05. The Morgan fingerprint density at radius 2 is 2.43 bits per heavy atom. The van der Waals surface area contributed by atoms with Crippen molar-refractivity contribution in [3.8, 4) is 0 Å². The second kappa shape index (κ2) is 3.33. The zero-order valence-electron chi connectivity index (χ0n) is 7.35. The number of hydrogen-bond acceptors (Lipinski definition) is 5. The minimum atomic E-state index is -0.407. The van der Waals surface area contributed by atoms with Gasteiger partial charge in [0.2, 0.25) is 5.89 Å². The maximum absolute atomic E-state index is 11.4. The Morgan fingerprint density at radius 3 is 3.00 bits per heavy atom. The third-order valence-corrected chi connectivity index (χ3v) is 1.50. The van der Waals surface area contributed by atoms with Gasteiger partial charge in [-0.1, -0.05) is 0 Å². The Labute approximate surface area is 78.9 Å². The lowest BCUT2D eigenvalue weighted by atomic mass is 10.4. The molecule has 14 heavy (non-hydrogen) atoms. The van der Waals surface area contributed by atoms with E-state index in [1.165, 1.54) is 6.26 Å². The molecule has 0 unspecified atom stereocenters. The molecule has 1 N–H and O–H groups in total. The molecule has 0 saturated carbocycles. The fourth-order valence-corrected chi connectivity index (χ4v) is 0.921. The molecule has 72 valence electrons. The Hall–Kier alpha value is -2.11. The number of carbonyl (C=O) groups excluding carboxylic acids is 1. The molecule has 0 spiro atoms. The first kappa shape index (κ1) is 8.49. The van der Waals surface area contributed by atoms with Crippen LogP contribution in [0.15, 0.2) is 27.3 Å². The van der Waals surface area contributed by atoms with E-state index in [1.54, 1.807) is 19.1 Å². The van der Waals surface area contributed by atoms with Gasteiger partial charge >= 0.3 is 0 Å². The molecular formula is C8H7N3O3. The predicted molar refractivity (Wildman–Crippen MR) is 45.7 cm³/mol. The molecule has 0 aromatic carbocycles. The van der Waals surface area contributed by atoms with Crippen molar-refractivity contribution in [1.82, 2.24) is 10.1 Å². The van der Waals surface area contributed by atoms with Crippen LogP contribution in [0.1, 0.15) is 16.4 Å². The Balaban J connectivity index is 2.09. The number of hydrogen-bond donors (Lipinski definition) is 1. The molecule has 0 saturated heterocycles. The Kier molecular flexibility index (Phi) is 2.02. The molecule has 0 aliphatic carbocycles. The number of nitrogens with zero attached hydrogens (tertiary/aromatic N) is 2. The smallest absolute Gasteiger partial charge is 0.293 e. The van der Waals surface area contributed by atoms with Gasteiger partial charge in [-0.2, -0.15) is 4.98 Å². The average Bonchev–Trinajstić information content (AvgIpc) is 2.75. The summed E-state index contributed by atoms with van der Waals surface area (Å²) in [5, 5.41) is 5.92. The molecule has 6 heteroatoms. The number of carbonyl (C=O) groups is 1. The molecule has 0 aliphatic rings. The number of amides is 1. The SMILES string of the molecule is Cc1nc(NC(=O)c2ccco2)no1. The van der Waals surface area contributed by atoms with Crippen molar-refractivity contribution in [2.45, 2.75) is 6.92 Å². The van der Waals surface area contributed by atoms with E-state index in [4.69, 9.17) is 4.42 Å². The Bertz CT molecular complexity index is 432. The van der Waals surface area contributed by atoms with Gasteiger partial charge in [0.15, 0.2) is 5.76 Å². The van der Waals surface area contributed by atoms with Crippen LogP contribution in [-0.4, -0.2) is 16.0 Å². The van der Waals surface area contributed by atoms with Crippen molar-refractivity contribution in [2.75, 3.05) is 5.32 Å². The van der Waals surface area contributed by atoms with E-state index in [2.05, 4.69) is 20.0 Å². The predicted octanol–water partition coefficient (Wildman–Crippen LogP) is 1.22. The van der Waals surface area contributed by atoms with Crippen molar-refractivity contribution in [3.63, 3.8) is 0 Å². The van der Waals surface area contributed by atoms with Crippen molar-refractivity contribution in [1.29, 1.82) is 0 Å². The minimum Gasteiger partial charge on any atom is -0.459 e. The summed E-state index contributed by atoms with van der Waals surface area (Å²) in [5.41, 5.74) is 0. The van der Waals surface area contributed by atoms with Gasteiger partial charge in [-0.05, 0) is 17.3 Å². The molecule has 0 radical (unpaired) electrons. The second-order valence-corrected chi connectivity index (χ2v) is 2.57. The largest absolute Gasteiger partial charge is 0.459 e. The zero-order valence-corrected chi connectivity index (χ0v) is 7.35. The summed E-state index contributed by atoms with van der Waals surface area (Å²) in [7, 11) is 0. The summed E-state index contributed by atoms with van der Waals surface area (Å²) in [5.74, 6) is 0.312. The lowest BCUT2D eigenvalue weighted by Crippen LogP contribution is -2.11. The molecule has 0 atom stereocenters. The summed E-state index contributed by atoms with van der Waals surface area (Å²) >= 11 is 0. The van der Waals surface area contributed by atoms with Crippen molar-refractivity contribution >= 4 is 11.9 Å². The summed E-state index contributed by atoms with van der Waals surface area (Å²) in [4.78, 5) is 15.2. The van der Waals surface area contributed by atoms with Gasteiger partial charge in [0.05, 0.1) is 6.26 Å². The normalized spacial score (nSPS) is 10.1. The third-order valence-electron chi connectivity index (χ3n) is 1.50. The molecule has 2 heterocycles. The molecule has 2 aromatic heterocycles. The van der Waals surface area contributed by atoms with Crippen LogP contribution >= 0.6 is 0 Å². The number of aromatic nitrogens is 2. The summed E-state index contributed by atoms with van der Waals surface area (Å²) in [6, 6.07) is 3.17. The van der Waals surface area contributed by atoms with E-state index in [0.29, 0.717) is 5.89 Å². The number of rotatable bonds is 2. The topological polar surface area (TPSA) is 81.2 Å². The second-order valence-electron chi connectivity index (χ2n) is 2.57. The van der Waals surface area contributed by atoms with Crippen molar-refractivity contribution in [3.05, 3.63) is 30.0 Å². The summed E-state index contributed by atoms with van der Waals surface area (Å²) in [6.45, 7) is 1.63. The van der Waals surface area contributed by atoms with Gasteiger partial charge < -0.3 is 8.94 Å². The van der Waals surface area contributed by atoms with Crippen LogP contribution in [0.3, 0.4) is 0 Å². The standard InChI is InChI=1S/C8H7N3O3/c1-5-9-8(11-14-5)10-7(12)6-3-2-4-13-6/h2-4H,1H3,(H,10,11,12). The van der Waals surface area contributed by atoms with Gasteiger partial charge in [-0.25, -0.2) is 0 Å². The molecule has 2 rings (SSSR count). The maximum atomic E-state index is 11.4. The molecule has 1 amide bonds. The van der Waals surface area contributed by atoms with E-state index in [0.717, 1.165) is 0 Å². The van der Waals surface area contributed by atoms with Crippen molar-refractivity contribution in [2.24, 2.45) is 0 Å². The number of nitrogens with one attached hydrogen (secondary N) is 1. The minimum absolute atomic E-state index is 0.129. The van der Waals surface area contributed by atoms with Gasteiger partial charge in [-0.15, -0.1) is 0 Å². The highest BCUT2D eigenvalue weighted by atomic mass is 16.5. The maximum Gasteiger partial charge on any atom is 0.293 e. The fraction of sp³-hybridized carbons (Fsp3) is 0.125. The average molecular weight is 193 g/mol. The van der Waals surface area contributed by atoms with E-state index in [-0.39, 0.29) is 11.7 Å². The quantitative estimate of drug-likeness (QED) is 0.775. The number of furan rings is 1. The molecule has 6 nitrogen and oxygen atoms in total. The number of anilines is 1. The van der Waals surface area contributed by atoms with Crippen LogP contribution < -0.4 is 5.32 Å². The highest BCUT2D eigenvalue weighted by Gasteiger charge is 2.11. The zero-order chi connectivity index (χ0) is 9.97. The van der Waals surface area contributed by atoms with Gasteiger partial charge in [0.1, 0.15) is 0 Å². The van der Waals surface area contributed by atoms with Crippen LogP contribution in [0.2, 0.25) is 0 Å². The van der Waals surface area contributed by atoms with E-state index in [1.807, 2.05) is 0 Å². The van der Waals surface area contributed by atoms with E-state index < -0.39 is 5.91 Å². The fourth-order valence-electron chi connectivity index (χ4n) is 0.921. The van der Waals surface area contributed by atoms with Gasteiger partial charge in [-0.3, -0.25) is 10.1 Å². The molecular weight excluding hydrogens is 186 g/mol. The first-order valence-electron chi connectivity index (χ1n) is 3.91. The first-order chi connectivity index (χ1) is 6.75.